The summed E-state index contributed by atoms with van der Waals surface area (Å²) in [6, 6.07) is 0. The summed E-state index contributed by atoms with van der Waals surface area (Å²) in [5.74, 6) is -1.47. The van der Waals surface area contributed by atoms with Crippen LogP contribution in [0.15, 0.2) is 12.2 Å². The van der Waals surface area contributed by atoms with Gasteiger partial charge in [0, 0.05) is 11.0 Å². The first-order valence-corrected chi connectivity index (χ1v) is 9.25. The number of rotatable bonds is 6. The number of hydrogen-bond donors (Lipinski definition) is 1. The van der Waals surface area contributed by atoms with Crippen molar-refractivity contribution in [1.82, 2.24) is 0 Å². The Bertz CT molecular complexity index is 692. The summed E-state index contributed by atoms with van der Waals surface area (Å²) < 4.78 is 10.2. The fraction of sp³-hybridized carbons (Fsp3) is 0.500. The highest BCUT2D eigenvalue weighted by Gasteiger charge is 2.28. The number of aryl methyl sites for hydroxylation is 1. The van der Waals surface area contributed by atoms with Crippen LogP contribution in [-0.4, -0.2) is 30.6 Å². The van der Waals surface area contributed by atoms with E-state index in [0.717, 1.165) is 36.1 Å². The molecule has 0 aliphatic heterocycles. The number of amides is 1. The molecule has 1 aromatic rings. The van der Waals surface area contributed by atoms with Gasteiger partial charge in [-0.15, -0.1) is 11.3 Å². The molecule has 1 aromatic heterocycles. The third-order valence-electron chi connectivity index (χ3n) is 3.85. The van der Waals surface area contributed by atoms with Gasteiger partial charge in [0.05, 0.1) is 12.2 Å². The molecule has 0 fully saturated rings. The van der Waals surface area contributed by atoms with E-state index in [0.29, 0.717) is 10.6 Å². The van der Waals surface area contributed by atoms with Crippen LogP contribution in [0.25, 0.3) is 0 Å². The molecule has 2 rings (SSSR count). The van der Waals surface area contributed by atoms with Gasteiger partial charge in [0.25, 0.3) is 5.91 Å². The average Bonchev–Trinajstić information content (AvgIpc) is 2.92. The number of carbonyl (C=O) groups is 3. The van der Waals surface area contributed by atoms with Gasteiger partial charge in [0.1, 0.15) is 5.00 Å². The molecule has 1 aliphatic carbocycles. The van der Waals surface area contributed by atoms with Crippen LogP contribution in [0.4, 0.5) is 5.00 Å². The maximum absolute atomic E-state index is 12.4. The SMILES string of the molecule is CC=CC(=O)OC(C)C(=O)Nc1sc2c(c1C(=O)OCC)CCCC2. The molecule has 1 heterocycles. The molecule has 1 aliphatic rings. The van der Waals surface area contributed by atoms with E-state index in [1.807, 2.05) is 0 Å². The van der Waals surface area contributed by atoms with E-state index in [-0.39, 0.29) is 6.61 Å². The molecule has 1 atom stereocenters. The first kappa shape index (κ1) is 19.2. The minimum atomic E-state index is -0.960. The van der Waals surface area contributed by atoms with E-state index in [1.54, 1.807) is 19.9 Å². The normalized spacial score (nSPS) is 14.7. The van der Waals surface area contributed by atoms with Gasteiger partial charge < -0.3 is 14.8 Å². The Morgan fingerprint density at radius 3 is 2.68 bits per heavy atom. The summed E-state index contributed by atoms with van der Waals surface area (Å²) in [7, 11) is 0. The number of hydrogen-bond acceptors (Lipinski definition) is 6. The summed E-state index contributed by atoms with van der Waals surface area (Å²) in [6.07, 6.45) is 5.62. The number of ether oxygens (including phenoxy) is 2. The summed E-state index contributed by atoms with van der Waals surface area (Å²) in [6.45, 7) is 5.20. The van der Waals surface area contributed by atoms with Crippen molar-refractivity contribution in [3.05, 3.63) is 28.2 Å². The molecule has 1 N–H and O–H groups in total. The molecular formula is C18H23NO5S. The lowest BCUT2D eigenvalue weighted by molar-refractivity contribution is -0.148. The highest BCUT2D eigenvalue weighted by atomic mass is 32.1. The highest BCUT2D eigenvalue weighted by molar-refractivity contribution is 7.17. The summed E-state index contributed by atoms with van der Waals surface area (Å²) in [5, 5.41) is 3.21. The number of thiophene rings is 1. The van der Waals surface area contributed by atoms with Gasteiger partial charge in [-0.25, -0.2) is 9.59 Å². The molecule has 25 heavy (non-hydrogen) atoms. The fourth-order valence-electron chi connectivity index (χ4n) is 2.69. The molecular weight excluding hydrogens is 342 g/mol. The molecule has 0 bridgehead atoms. The second kappa shape index (κ2) is 8.80. The fourth-order valence-corrected chi connectivity index (χ4v) is 3.97. The Hall–Kier alpha value is -2.15. The smallest absolute Gasteiger partial charge is 0.341 e. The van der Waals surface area contributed by atoms with Crippen molar-refractivity contribution in [2.75, 3.05) is 11.9 Å². The molecule has 1 unspecified atom stereocenters. The van der Waals surface area contributed by atoms with Crippen molar-refractivity contribution in [3.63, 3.8) is 0 Å². The summed E-state index contributed by atoms with van der Waals surface area (Å²) in [4.78, 5) is 37.3. The zero-order valence-corrected chi connectivity index (χ0v) is 15.5. The van der Waals surface area contributed by atoms with E-state index in [9.17, 15) is 14.4 Å². The van der Waals surface area contributed by atoms with Crippen molar-refractivity contribution in [1.29, 1.82) is 0 Å². The largest absolute Gasteiger partial charge is 0.462 e. The zero-order chi connectivity index (χ0) is 18.4. The zero-order valence-electron chi connectivity index (χ0n) is 14.7. The van der Waals surface area contributed by atoms with Gasteiger partial charge >= 0.3 is 11.9 Å². The average molecular weight is 365 g/mol. The van der Waals surface area contributed by atoms with Crippen LogP contribution in [0, 0.1) is 0 Å². The van der Waals surface area contributed by atoms with Gasteiger partial charge in [-0.2, -0.15) is 0 Å². The quantitative estimate of drug-likeness (QED) is 0.618. The Morgan fingerprint density at radius 1 is 1.28 bits per heavy atom. The summed E-state index contributed by atoms with van der Waals surface area (Å²) >= 11 is 1.40. The lowest BCUT2D eigenvalue weighted by Crippen LogP contribution is -2.29. The molecule has 0 saturated heterocycles. The minimum absolute atomic E-state index is 0.272. The van der Waals surface area contributed by atoms with Crippen molar-refractivity contribution in [2.24, 2.45) is 0 Å². The van der Waals surface area contributed by atoms with Gasteiger partial charge in [-0.3, -0.25) is 4.79 Å². The van der Waals surface area contributed by atoms with Crippen LogP contribution in [0.5, 0.6) is 0 Å². The number of esters is 2. The van der Waals surface area contributed by atoms with Gasteiger partial charge in [0.2, 0.25) is 0 Å². The lowest BCUT2D eigenvalue weighted by Gasteiger charge is -2.13. The predicted molar refractivity (Wildman–Crippen MR) is 95.9 cm³/mol. The third kappa shape index (κ3) is 4.69. The van der Waals surface area contributed by atoms with Crippen LogP contribution < -0.4 is 5.32 Å². The van der Waals surface area contributed by atoms with Gasteiger partial charge in [-0.05, 0) is 52.0 Å². The first-order chi connectivity index (χ1) is 12.0. The topological polar surface area (TPSA) is 81.7 Å². The summed E-state index contributed by atoms with van der Waals surface area (Å²) in [5.41, 5.74) is 1.42. The predicted octanol–water partition coefficient (Wildman–Crippen LogP) is 3.25. The van der Waals surface area contributed by atoms with Crippen molar-refractivity contribution in [3.8, 4) is 0 Å². The maximum atomic E-state index is 12.4. The first-order valence-electron chi connectivity index (χ1n) is 8.43. The van der Waals surface area contributed by atoms with Crippen molar-refractivity contribution >= 4 is 34.2 Å². The molecule has 0 saturated carbocycles. The van der Waals surface area contributed by atoms with Crippen molar-refractivity contribution < 1.29 is 23.9 Å². The maximum Gasteiger partial charge on any atom is 0.341 e. The second-order valence-electron chi connectivity index (χ2n) is 5.70. The van der Waals surface area contributed by atoms with Gasteiger partial charge in [0.15, 0.2) is 6.10 Å². The van der Waals surface area contributed by atoms with Crippen LogP contribution >= 0.6 is 11.3 Å². The molecule has 1 amide bonds. The Morgan fingerprint density at radius 2 is 2.00 bits per heavy atom. The van der Waals surface area contributed by atoms with E-state index in [2.05, 4.69) is 5.32 Å². The van der Waals surface area contributed by atoms with Crippen LogP contribution in [0.3, 0.4) is 0 Å². The van der Waals surface area contributed by atoms with Gasteiger partial charge in [-0.1, -0.05) is 6.08 Å². The van der Waals surface area contributed by atoms with E-state index >= 15 is 0 Å². The molecule has 0 radical (unpaired) electrons. The van der Waals surface area contributed by atoms with E-state index in [1.165, 1.54) is 24.3 Å². The molecule has 136 valence electrons. The van der Waals surface area contributed by atoms with E-state index in [4.69, 9.17) is 9.47 Å². The standard InChI is InChI=1S/C18H23NO5S/c1-4-8-14(20)24-11(3)16(21)19-17-15(18(22)23-5-2)12-9-6-7-10-13(12)25-17/h4,8,11H,5-7,9-10H2,1-3H3,(H,19,21). The van der Waals surface area contributed by atoms with Crippen LogP contribution in [-0.2, 0) is 31.9 Å². The third-order valence-corrected chi connectivity index (χ3v) is 5.06. The van der Waals surface area contributed by atoms with Crippen LogP contribution in [0.1, 0.15) is 54.4 Å². The molecule has 7 heteroatoms. The lowest BCUT2D eigenvalue weighted by atomic mass is 9.95. The molecule has 6 nitrogen and oxygen atoms in total. The monoisotopic (exact) mass is 365 g/mol. The minimum Gasteiger partial charge on any atom is -0.462 e. The van der Waals surface area contributed by atoms with Crippen LogP contribution in [0.2, 0.25) is 0 Å². The van der Waals surface area contributed by atoms with Crippen molar-refractivity contribution in [2.45, 2.75) is 52.6 Å². The van der Waals surface area contributed by atoms with E-state index < -0.39 is 23.9 Å². The molecule has 0 spiro atoms. The number of nitrogens with one attached hydrogen (secondary N) is 1. The Labute approximate surface area is 151 Å². The number of anilines is 1. The number of fused-ring (bicyclic) bond motifs is 1. The highest BCUT2D eigenvalue weighted by Crippen LogP contribution is 2.38. The second-order valence-corrected chi connectivity index (χ2v) is 6.81. The Kier molecular flexibility index (Phi) is 6.75. The Balaban J connectivity index is 2.20. The number of carbonyl (C=O) groups excluding carboxylic acids is 3. The number of allylic oxidation sites excluding steroid dienone is 1. The molecule has 0 aromatic carbocycles.